The summed E-state index contributed by atoms with van der Waals surface area (Å²) in [5, 5.41) is 23.6. The van der Waals surface area contributed by atoms with Crippen LogP contribution in [0.25, 0.3) is 0 Å². The Hall–Kier alpha value is -2.87. The van der Waals surface area contributed by atoms with Crippen LogP contribution in [0.4, 0.5) is 0 Å². The van der Waals surface area contributed by atoms with Gasteiger partial charge < -0.3 is 26.0 Å². The predicted octanol–water partition coefficient (Wildman–Crippen LogP) is 0.490. The van der Waals surface area contributed by atoms with Gasteiger partial charge in [0.2, 0.25) is 21.8 Å². The third-order valence-electron chi connectivity index (χ3n) is 6.94. The van der Waals surface area contributed by atoms with Gasteiger partial charge in [-0.15, -0.1) is 0 Å². The molecule has 1 fully saturated rings. The van der Waals surface area contributed by atoms with Gasteiger partial charge >= 0.3 is 0 Å². The first-order valence-corrected chi connectivity index (χ1v) is 15.2. The molecule has 11 nitrogen and oxygen atoms in total. The van der Waals surface area contributed by atoms with Gasteiger partial charge in [-0.3, -0.25) is 14.5 Å². The standard InChI is InChI=1S/C29H42N4O7S/c1-21(2)15-33(41(38,39)25-10-8-23(19-34)9-11-25)16-27(35)26(14-22-6-4-3-5-7-22)31-29(37)18-32(17-28(30)36)24-12-13-40-20-24/h3-11,21,24,26-27,34-35H,12-20H2,1-2H3,(H2,30,36)(H,31,37)/t24-,26+,27-/m1/s1. The molecule has 0 aliphatic carbocycles. The molecule has 0 bridgehead atoms. The van der Waals surface area contributed by atoms with Crippen LogP contribution in [-0.4, -0.2) is 97.2 Å². The molecule has 12 heteroatoms. The van der Waals surface area contributed by atoms with E-state index < -0.39 is 34.0 Å². The van der Waals surface area contributed by atoms with Crippen molar-refractivity contribution in [3.05, 3.63) is 65.7 Å². The number of aliphatic hydroxyl groups excluding tert-OH is 2. The van der Waals surface area contributed by atoms with E-state index in [4.69, 9.17) is 10.5 Å². The number of aliphatic hydroxyl groups is 2. The molecule has 3 rings (SSSR count). The lowest BCUT2D eigenvalue weighted by Crippen LogP contribution is -2.54. The molecular formula is C29H42N4O7S. The maximum Gasteiger partial charge on any atom is 0.243 e. The van der Waals surface area contributed by atoms with Gasteiger partial charge in [0.25, 0.3) is 0 Å². The number of rotatable bonds is 16. The van der Waals surface area contributed by atoms with E-state index in [1.807, 2.05) is 44.2 Å². The Morgan fingerprint density at radius 2 is 1.73 bits per heavy atom. The number of carbonyl (C=O) groups is 2. The van der Waals surface area contributed by atoms with Crippen molar-refractivity contribution in [3.8, 4) is 0 Å². The van der Waals surface area contributed by atoms with Crippen molar-refractivity contribution in [2.75, 3.05) is 39.4 Å². The highest BCUT2D eigenvalue weighted by Crippen LogP contribution is 2.20. The van der Waals surface area contributed by atoms with Crippen LogP contribution >= 0.6 is 0 Å². The van der Waals surface area contributed by atoms with Crippen molar-refractivity contribution in [3.63, 3.8) is 0 Å². The zero-order valence-electron chi connectivity index (χ0n) is 23.7. The third kappa shape index (κ3) is 9.87. The third-order valence-corrected chi connectivity index (χ3v) is 8.79. The molecule has 2 aromatic carbocycles. The number of sulfonamides is 1. The lowest BCUT2D eigenvalue weighted by Gasteiger charge is -2.32. The number of nitrogens with one attached hydrogen (secondary N) is 1. The van der Waals surface area contributed by atoms with Gasteiger partial charge in [-0.05, 0) is 42.0 Å². The molecule has 41 heavy (non-hydrogen) atoms. The highest BCUT2D eigenvalue weighted by Gasteiger charge is 2.32. The average molecular weight is 591 g/mol. The van der Waals surface area contributed by atoms with Gasteiger partial charge in [0.05, 0.1) is 43.3 Å². The van der Waals surface area contributed by atoms with E-state index in [0.29, 0.717) is 25.2 Å². The van der Waals surface area contributed by atoms with Gasteiger partial charge in [0, 0.05) is 25.7 Å². The van der Waals surface area contributed by atoms with Crippen LogP contribution < -0.4 is 11.1 Å². The summed E-state index contributed by atoms with van der Waals surface area (Å²) in [7, 11) is -3.99. The van der Waals surface area contributed by atoms with Crippen LogP contribution in [0.3, 0.4) is 0 Å². The Bertz CT molecular complexity index is 1220. The van der Waals surface area contributed by atoms with Gasteiger partial charge in [0.1, 0.15) is 0 Å². The molecule has 0 aromatic heterocycles. The van der Waals surface area contributed by atoms with Crippen molar-refractivity contribution in [1.82, 2.24) is 14.5 Å². The molecule has 226 valence electrons. The molecule has 0 saturated carbocycles. The van der Waals surface area contributed by atoms with Crippen LogP contribution in [0.2, 0.25) is 0 Å². The summed E-state index contributed by atoms with van der Waals surface area (Å²) >= 11 is 0. The van der Waals surface area contributed by atoms with E-state index >= 15 is 0 Å². The van der Waals surface area contributed by atoms with Crippen molar-refractivity contribution in [1.29, 1.82) is 0 Å². The minimum atomic E-state index is -3.99. The zero-order valence-corrected chi connectivity index (χ0v) is 24.5. The second-order valence-corrected chi connectivity index (χ2v) is 12.8. The second-order valence-electron chi connectivity index (χ2n) is 10.8. The first kappa shape index (κ1) is 32.6. The Morgan fingerprint density at radius 3 is 2.29 bits per heavy atom. The normalized spacial score (nSPS) is 17.2. The van der Waals surface area contributed by atoms with E-state index in [0.717, 1.165) is 5.56 Å². The fraction of sp³-hybridized carbons (Fsp3) is 0.517. The summed E-state index contributed by atoms with van der Waals surface area (Å²) < 4.78 is 33.9. The molecule has 1 aliphatic rings. The minimum Gasteiger partial charge on any atom is -0.392 e. The highest BCUT2D eigenvalue weighted by molar-refractivity contribution is 7.89. The first-order chi connectivity index (χ1) is 19.5. The molecule has 1 heterocycles. The molecule has 2 aromatic rings. The molecule has 5 N–H and O–H groups in total. The lowest BCUT2D eigenvalue weighted by atomic mass is 10.0. The summed E-state index contributed by atoms with van der Waals surface area (Å²) in [5.41, 5.74) is 6.86. The zero-order chi connectivity index (χ0) is 30.0. The number of carbonyl (C=O) groups excluding carboxylic acids is 2. The van der Waals surface area contributed by atoms with Crippen LogP contribution in [0.1, 0.15) is 31.4 Å². The monoisotopic (exact) mass is 590 g/mol. The number of benzene rings is 2. The number of primary amides is 1. The van der Waals surface area contributed by atoms with Crippen LogP contribution in [0.15, 0.2) is 59.5 Å². The van der Waals surface area contributed by atoms with Gasteiger partial charge in [-0.2, -0.15) is 4.31 Å². The van der Waals surface area contributed by atoms with Crippen molar-refractivity contribution in [2.24, 2.45) is 11.7 Å². The van der Waals surface area contributed by atoms with E-state index in [2.05, 4.69) is 5.32 Å². The molecule has 2 amide bonds. The van der Waals surface area contributed by atoms with E-state index in [-0.39, 0.29) is 56.1 Å². The van der Waals surface area contributed by atoms with E-state index in [9.17, 15) is 28.2 Å². The molecule has 0 unspecified atom stereocenters. The fourth-order valence-corrected chi connectivity index (χ4v) is 6.46. The summed E-state index contributed by atoms with van der Waals surface area (Å²) in [4.78, 5) is 26.6. The number of ether oxygens (including phenoxy) is 1. The van der Waals surface area contributed by atoms with E-state index in [1.54, 1.807) is 17.0 Å². The number of hydrogen-bond acceptors (Lipinski definition) is 8. The van der Waals surface area contributed by atoms with Gasteiger partial charge in [0.15, 0.2) is 0 Å². The van der Waals surface area contributed by atoms with E-state index in [1.165, 1.54) is 16.4 Å². The maximum atomic E-state index is 13.6. The first-order valence-electron chi connectivity index (χ1n) is 13.8. The second kappa shape index (κ2) is 15.4. The molecular weight excluding hydrogens is 548 g/mol. The topological polar surface area (TPSA) is 162 Å². The highest BCUT2D eigenvalue weighted by atomic mass is 32.2. The number of hydrogen-bond donors (Lipinski definition) is 4. The summed E-state index contributed by atoms with van der Waals surface area (Å²) in [5.74, 6) is -1.02. The van der Waals surface area contributed by atoms with Gasteiger partial charge in [-0.1, -0.05) is 56.3 Å². The molecule has 0 radical (unpaired) electrons. The van der Waals surface area contributed by atoms with Crippen LogP contribution in [-0.2, 0) is 37.4 Å². The van der Waals surface area contributed by atoms with Crippen LogP contribution in [0.5, 0.6) is 0 Å². The largest absolute Gasteiger partial charge is 0.392 e. The summed E-state index contributed by atoms with van der Waals surface area (Å²) in [6.45, 7) is 4.14. The molecule has 1 saturated heterocycles. The quantitative estimate of drug-likeness (QED) is 0.220. The Labute approximate surface area is 242 Å². The average Bonchev–Trinajstić information content (AvgIpc) is 3.47. The summed E-state index contributed by atoms with van der Waals surface area (Å²) in [6.07, 6.45) is -0.321. The minimum absolute atomic E-state index is 0.0353. The predicted molar refractivity (Wildman–Crippen MR) is 154 cm³/mol. The Kier molecular flexibility index (Phi) is 12.2. The number of amides is 2. The maximum absolute atomic E-state index is 13.6. The molecule has 3 atom stereocenters. The van der Waals surface area contributed by atoms with Crippen molar-refractivity contribution in [2.45, 2.75) is 56.4 Å². The lowest BCUT2D eigenvalue weighted by molar-refractivity contribution is -0.126. The Morgan fingerprint density at radius 1 is 1.05 bits per heavy atom. The Balaban J connectivity index is 1.82. The van der Waals surface area contributed by atoms with Crippen molar-refractivity contribution >= 4 is 21.8 Å². The molecule has 0 spiro atoms. The number of nitrogens with two attached hydrogens (primary N) is 1. The molecule has 1 aliphatic heterocycles. The van der Waals surface area contributed by atoms with Crippen molar-refractivity contribution < 1.29 is 33.0 Å². The van der Waals surface area contributed by atoms with Gasteiger partial charge in [-0.25, -0.2) is 8.42 Å². The smallest absolute Gasteiger partial charge is 0.243 e. The number of nitrogens with zero attached hydrogens (tertiary/aromatic N) is 2. The summed E-state index contributed by atoms with van der Waals surface area (Å²) in [6, 6.07) is 14.3. The van der Waals surface area contributed by atoms with Crippen LogP contribution in [0, 0.1) is 5.92 Å². The SMILES string of the molecule is CC(C)CN(C[C@@H](O)[C@H](Cc1ccccc1)NC(=O)CN(CC(N)=O)[C@@H]1CCOC1)S(=O)(=O)c1ccc(CO)cc1. The fourth-order valence-electron chi connectivity index (χ4n) is 4.84.